The molecule has 178 valence electrons. The van der Waals surface area contributed by atoms with E-state index < -0.39 is 24.0 Å². The van der Waals surface area contributed by atoms with Gasteiger partial charge in [0.1, 0.15) is 6.54 Å². The molecule has 0 heterocycles. The zero-order valence-electron chi connectivity index (χ0n) is 19.7. The molecule has 3 nitrogen and oxygen atoms in total. The van der Waals surface area contributed by atoms with Gasteiger partial charge in [0.15, 0.2) is 0 Å². The van der Waals surface area contributed by atoms with E-state index in [1.807, 2.05) is 75.4 Å². The van der Waals surface area contributed by atoms with E-state index in [1.54, 1.807) is 0 Å². The molecule has 1 aromatic carbocycles. The lowest BCUT2D eigenvalue weighted by atomic mass is 9.68. The highest BCUT2D eigenvalue weighted by Gasteiger charge is 2.44. The Bertz CT molecular complexity index is 797. The Labute approximate surface area is 190 Å². The first-order valence-corrected chi connectivity index (χ1v) is 11.3. The third-order valence-corrected chi connectivity index (χ3v) is 5.33. The lowest BCUT2D eigenvalue weighted by Crippen LogP contribution is -2.48. The first kappa shape index (κ1) is 27.7. The second-order valence-corrected chi connectivity index (χ2v) is 7.87. The van der Waals surface area contributed by atoms with Gasteiger partial charge in [0.2, 0.25) is 5.91 Å². The van der Waals surface area contributed by atoms with Crippen LogP contribution in [0.2, 0.25) is 0 Å². The van der Waals surface area contributed by atoms with Crippen molar-refractivity contribution in [2.75, 3.05) is 19.6 Å². The van der Waals surface area contributed by atoms with Crippen LogP contribution in [0.3, 0.4) is 0 Å². The van der Waals surface area contributed by atoms with Gasteiger partial charge in [0.05, 0.1) is 5.41 Å². The number of carbonyl (C=O) groups is 1. The summed E-state index contributed by atoms with van der Waals surface area (Å²) in [5, 5.41) is 5.53. The molecule has 0 radical (unpaired) electrons. The van der Waals surface area contributed by atoms with Gasteiger partial charge in [-0.2, -0.15) is 13.2 Å². The Hall–Kier alpha value is -2.34. The number of unbranched alkanes of at least 4 members (excludes halogenated alkanes) is 1. The Kier molecular flexibility index (Phi) is 12.1. The normalized spacial score (nSPS) is 14.8. The zero-order valence-corrected chi connectivity index (χ0v) is 19.7. The van der Waals surface area contributed by atoms with E-state index in [2.05, 4.69) is 17.6 Å². The van der Waals surface area contributed by atoms with Crippen molar-refractivity contribution >= 4 is 5.91 Å². The minimum atomic E-state index is -4.48. The fourth-order valence-corrected chi connectivity index (χ4v) is 3.85. The number of hydrogen-bond acceptors (Lipinski definition) is 2. The summed E-state index contributed by atoms with van der Waals surface area (Å²) in [7, 11) is 0. The summed E-state index contributed by atoms with van der Waals surface area (Å²) < 4.78 is 39.0. The molecule has 0 saturated heterocycles. The van der Waals surface area contributed by atoms with Gasteiger partial charge < -0.3 is 10.6 Å². The summed E-state index contributed by atoms with van der Waals surface area (Å²) in [4.78, 5) is 13.6. The van der Waals surface area contributed by atoms with Gasteiger partial charge in [-0.3, -0.25) is 4.79 Å². The molecule has 0 spiro atoms. The summed E-state index contributed by atoms with van der Waals surface area (Å²) in [5.41, 5.74) is 1.05. The fraction of sp³-hybridized carbons (Fsp3) is 0.500. The maximum atomic E-state index is 13.6. The Morgan fingerprint density at radius 2 is 1.78 bits per heavy atom. The van der Waals surface area contributed by atoms with Gasteiger partial charge in [0, 0.05) is 0 Å². The molecule has 1 atom stereocenters. The molecule has 0 bridgehead atoms. The lowest BCUT2D eigenvalue weighted by Gasteiger charge is -2.36. The number of nitrogens with one attached hydrogen (secondary N) is 2. The van der Waals surface area contributed by atoms with Gasteiger partial charge in [-0.05, 0) is 69.8 Å². The molecule has 1 aromatic rings. The molecule has 0 aliphatic carbocycles. The van der Waals surface area contributed by atoms with Gasteiger partial charge in [0.25, 0.3) is 0 Å². The summed E-state index contributed by atoms with van der Waals surface area (Å²) in [6, 6.07) is 7.45. The van der Waals surface area contributed by atoms with E-state index in [9.17, 15) is 18.0 Å². The average molecular weight is 451 g/mol. The van der Waals surface area contributed by atoms with Crippen molar-refractivity contribution in [3.8, 4) is 0 Å². The molecule has 32 heavy (non-hydrogen) atoms. The highest BCUT2D eigenvalue weighted by molar-refractivity contribution is 5.93. The van der Waals surface area contributed by atoms with Crippen LogP contribution >= 0.6 is 0 Å². The molecule has 0 aromatic heterocycles. The topological polar surface area (TPSA) is 41.1 Å². The number of benzene rings is 1. The number of hydrogen-bond donors (Lipinski definition) is 2. The number of allylic oxidation sites excluding steroid dienone is 5. The number of alkyl halides is 3. The Morgan fingerprint density at radius 1 is 1.06 bits per heavy atom. The lowest BCUT2D eigenvalue weighted by molar-refractivity contribution is -0.141. The van der Waals surface area contributed by atoms with Crippen molar-refractivity contribution in [3.63, 3.8) is 0 Å². The minimum absolute atomic E-state index is 0.406. The van der Waals surface area contributed by atoms with E-state index in [-0.39, 0.29) is 0 Å². The molecule has 2 N–H and O–H groups in total. The number of carbonyl (C=O) groups excluding carboxylic acids is 1. The van der Waals surface area contributed by atoms with Gasteiger partial charge in [-0.1, -0.05) is 68.0 Å². The molecule has 1 amide bonds. The van der Waals surface area contributed by atoms with E-state index >= 15 is 0 Å². The van der Waals surface area contributed by atoms with Crippen molar-refractivity contribution in [2.24, 2.45) is 0 Å². The summed E-state index contributed by atoms with van der Waals surface area (Å²) in [6.07, 6.45) is 7.61. The first-order chi connectivity index (χ1) is 15.2. The van der Waals surface area contributed by atoms with E-state index in [1.165, 1.54) is 0 Å². The quantitative estimate of drug-likeness (QED) is 0.279. The van der Waals surface area contributed by atoms with Crippen LogP contribution in [-0.4, -0.2) is 31.7 Å². The van der Waals surface area contributed by atoms with Crippen LogP contribution in [0.15, 0.2) is 60.2 Å². The standard InChI is InChI=1S/C26H37F3N2O/c1-5-8-15-22(13-6-2)25(17-11-12-19-30-18-7-3,23-16-10-9-14-21(23)4)24(32)31-20-26(27,28)29/h5-6,8-10,13-16,30H,7,11-12,17-20H2,1-4H3,(H,31,32)/b8-5-,13-6-,22-15+. The van der Waals surface area contributed by atoms with Crippen molar-refractivity contribution in [2.45, 2.75) is 65.0 Å². The summed E-state index contributed by atoms with van der Waals surface area (Å²) in [6.45, 7) is 8.06. The molecular formula is C26H37F3N2O. The Balaban J connectivity index is 3.54. The molecule has 0 aliphatic rings. The Morgan fingerprint density at radius 3 is 2.38 bits per heavy atom. The maximum Gasteiger partial charge on any atom is 0.405 e. The molecule has 0 fully saturated rings. The molecule has 6 heteroatoms. The molecule has 1 unspecified atom stereocenters. The zero-order chi connectivity index (χ0) is 24.0. The minimum Gasteiger partial charge on any atom is -0.346 e. The molecule has 1 rings (SSSR count). The highest BCUT2D eigenvalue weighted by atomic mass is 19.4. The second kappa shape index (κ2) is 13.9. The monoisotopic (exact) mass is 450 g/mol. The van der Waals surface area contributed by atoms with Crippen LogP contribution in [0, 0.1) is 6.92 Å². The maximum absolute atomic E-state index is 13.6. The van der Waals surface area contributed by atoms with Gasteiger partial charge >= 0.3 is 6.18 Å². The van der Waals surface area contributed by atoms with Crippen molar-refractivity contribution in [1.82, 2.24) is 10.6 Å². The van der Waals surface area contributed by atoms with Crippen molar-refractivity contribution in [3.05, 3.63) is 71.3 Å². The van der Waals surface area contributed by atoms with Crippen LogP contribution in [0.4, 0.5) is 13.2 Å². The van der Waals surface area contributed by atoms with Crippen LogP contribution in [-0.2, 0) is 10.2 Å². The van der Waals surface area contributed by atoms with E-state index in [4.69, 9.17) is 0 Å². The fourth-order valence-electron chi connectivity index (χ4n) is 3.85. The van der Waals surface area contributed by atoms with Crippen molar-refractivity contribution < 1.29 is 18.0 Å². The number of rotatable bonds is 13. The van der Waals surface area contributed by atoms with Crippen LogP contribution in [0.5, 0.6) is 0 Å². The summed E-state index contributed by atoms with van der Waals surface area (Å²) in [5.74, 6) is -0.625. The third-order valence-electron chi connectivity index (χ3n) is 5.33. The van der Waals surface area contributed by atoms with Gasteiger partial charge in [-0.15, -0.1) is 0 Å². The van der Waals surface area contributed by atoms with Crippen molar-refractivity contribution in [1.29, 1.82) is 0 Å². The summed E-state index contributed by atoms with van der Waals surface area (Å²) >= 11 is 0. The number of halogens is 3. The van der Waals surface area contributed by atoms with Crippen LogP contribution in [0.1, 0.15) is 57.6 Å². The predicted octanol–water partition coefficient (Wildman–Crippen LogP) is 6.16. The smallest absolute Gasteiger partial charge is 0.346 e. The second-order valence-electron chi connectivity index (χ2n) is 7.87. The molecule has 0 saturated carbocycles. The average Bonchev–Trinajstić information content (AvgIpc) is 2.75. The molecule has 0 aliphatic heterocycles. The largest absolute Gasteiger partial charge is 0.405 e. The SMILES string of the molecule is C\C=C/C=C(\C=C/C)C(CCCCNCCC)(C(=O)NCC(F)(F)F)c1ccccc1C. The van der Waals surface area contributed by atoms with Crippen LogP contribution in [0.25, 0.3) is 0 Å². The van der Waals surface area contributed by atoms with Crippen LogP contribution < -0.4 is 10.6 Å². The first-order valence-electron chi connectivity index (χ1n) is 11.3. The predicted molar refractivity (Wildman–Crippen MR) is 127 cm³/mol. The number of amides is 1. The van der Waals surface area contributed by atoms with Gasteiger partial charge in [-0.25, -0.2) is 0 Å². The van der Waals surface area contributed by atoms with E-state index in [0.29, 0.717) is 18.4 Å². The number of aryl methyl sites for hydroxylation is 1. The third kappa shape index (κ3) is 8.30. The van der Waals surface area contributed by atoms with E-state index in [0.717, 1.165) is 37.1 Å². The molecular weight excluding hydrogens is 413 g/mol. The highest BCUT2D eigenvalue weighted by Crippen LogP contribution is 2.40.